The van der Waals surface area contributed by atoms with Gasteiger partial charge in [0.25, 0.3) is 0 Å². The van der Waals surface area contributed by atoms with Crippen LogP contribution in [0.15, 0.2) is 21.8 Å². The maximum Gasteiger partial charge on any atom is 0.321 e. The molecule has 24 heavy (non-hydrogen) atoms. The van der Waals surface area contributed by atoms with E-state index in [0.29, 0.717) is 13.1 Å². The van der Waals surface area contributed by atoms with Crippen molar-refractivity contribution in [3.05, 3.63) is 11.8 Å². The fourth-order valence-corrected chi connectivity index (χ4v) is 2.66. The number of amides is 2. The minimum atomic E-state index is -0.949. The van der Waals surface area contributed by atoms with Gasteiger partial charge in [0.1, 0.15) is 0 Å². The second-order valence-electron chi connectivity index (χ2n) is 6.90. The van der Waals surface area contributed by atoms with Gasteiger partial charge < -0.3 is 15.7 Å². The summed E-state index contributed by atoms with van der Waals surface area (Å²) in [5.74, 6) is 0.485. The van der Waals surface area contributed by atoms with E-state index in [4.69, 9.17) is 0 Å². The lowest BCUT2D eigenvalue weighted by Gasteiger charge is -2.27. The summed E-state index contributed by atoms with van der Waals surface area (Å²) in [6, 6.07) is -0.377. The number of guanidine groups is 1. The molecule has 0 aromatic rings. The van der Waals surface area contributed by atoms with Gasteiger partial charge in [0, 0.05) is 12.2 Å². The quantitative estimate of drug-likeness (QED) is 0.413. The number of hydrogen-bond acceptors (Lipinski definition) is 6. The molecule has 0 aromatic heterocycles. The van der Waals surface area contributed by atoms with Crippen LogP contribution in [0.4, 0.5) is 4.79 Å². The molecule has 2 atom stereocenters. The predicted octanol–water partition coefficient (Wildman–Crippen LogP) is 1.25. The second-order valence-corrected chi connectivity index (χ2v) is 6.90. The minimum Gasteiger partial charge on any atom is -0.368 e. The molecule has 4 N–H and O–H groups in total. The highest BCUT2D eigenvalue weighted by Crippen LogP contribution is 2.28. The Balaban J connectivity index is 2.34. The van der Waals surface area contributed by atoms with E-state index in [2.05, 4.69) is 46.7 Å². The first-order valence-corrected chi connectivity index (χ1v) is 8.01. The summed E-state index contributed by atoms with van der Waals surface area (Å²) in [5, 5.41) is 17.7. The van der Waals surface area contributed by atoms with Gasteiger partial charge in [0.15, 0.2) is 6.23 Å². The number of aliphatic hydroxyl groups excluding tert-OH is 1. The third-order valence-electron chi connectivity index (χ3n) is 3.69. The summed E-state index contributed by atoms with van der Waals surface area (Å²) in [6.07, 6.45) is 3.83. The van der Waals surface area contributed by atoms with Crippen LogP contribution in [0.3, 0.4) is 0 Å². The average Bonchev–Trinajstić information content (AvgIpc) is 2.43. The van der Waals surface area contributed by atoms with Crippen molar-refractivity contribution < 1.29 is 14.7 Å². The topological polar surface area (TPSA) is 115 Å². The number of isocyanates is 1. The Morgan fingerprint density at radius 3 is 2.92 bits per heavy atom. The smallest absolute Gasteiger partial charge is 0.321 e. The molecular weight excluding hydrogens is 310 g/mol. The summed E-state index contributed by atoms with van der Waals surface area (Å²) >= 11 is 0. The molecule has 0 bridgehead atoms. The van der Waals surface area contributed by atoms with Crippen LogP contribution in [0, 0.1) is 11.3 Å². The number of carbonyl (C=O) groups excluding carboxylic acids is 2. The van der Waals surface area contributed by atoms with E-state index in [1.165, 1.54) is 0 Å². The monoisotopic (exact) mass is 337 g/mol. The van der Waals surface area contributed by atoms with Crippen LogP contribution in [0.5, 0.6) is 0 Å². The molecule has 8 nitrogen and oxygen atoms in total. The minimum absolute atomic E-state index is 0.0267. The van der Waals surface area contributed by atoms with Crippen LogP contribution < -0.4 is 16.0 Å². The van der Waals surface area contributed by atoms with Gasteiger partial charge in [-0.2, -0.15) is 0 Å². The summed E-state index contributed by atoms with van der Waals surface area (Å²) in [7, 11) is 0. The van der Waals surface area contributed by atoms with Gasteiger partial charge in [0.05, 0.1) is 6.54 Å². The van der Waals surface area contributed by atoms with Gasteiger partial charge >= 0.3 is 6.03 Å². The molecule has 0 fully saturated rings. The van der Waals surface area contributed by atoms with Crippen LogP contribution >= 0.6 is 0 Å². The van der Waals surface area contributed by atoms with Crippen LogP contribution in [0.2, 0.25) is 0 Å². The molecule has 8 heteroatoms. The normalized spacial score (nSPS) is 18.5. The third kappa shape index (κ3) is 7.89. The highest BCUT2D eigenvalue weighted by atomic mass is 16.3. The maximum atomic E-state index is 11.9. The maximum absolute atomic E-state index is 11.9. The number of aliphatic imine (C=N–C) groups is 2. The fraction of sp³-hybridized carbons (Fsp3) is 0.688. The zero-order valence-electron chi connectivity index (χ0n) is 14.7. The molecule has 0 aromatic carbocycles. The molecule has 0 saturated carbocycles. The van der Waals surface area contributed by atoms with Crippen molar-refractivity contribution >= 4 is 18.1 Å². The summed E-state index contributed by atoms with van der Waals surface area (Å²) in [4.78, 5) is 29.5. The van der Waals surface area contributed by atoms with Crippen molar-refractivity contribution in [2.75, 3.05) is 13.1 Å². The molecule has 0 spiro atoms. The van der Waals surface area contributed by atoms with E-state index >= 15 is 0 Å². The molecule has 1 aliphatic rings. The Morgan fingerprint density at radius 1 is 1.58 bits per heavy atom. The van der Waals surface area contributed by atoms with Crippen molar-refractivity contribution in [3.8, 4) is 0 Å². The highest BCUT2D eigenvalue weighted by Gasteiger charge is 2.21. The molecule has 1 rings (SSSR count). The third-order valence-corrected chi connectivity index (χ3v) is 3.69. The summed E-state index contributed by atoms with van der Waals surface area (Å²) in [6.45, 7) is 9.03. The van der Waals surface area contributed by atoms with Gasteiger partial charge in [-0.25, -0.2) is 19.6 Å². The van der Waals surface area contributed by atoms with Gasteiger partial charge in [-0.3, -0.25) is 5.32 Å². The Hall–Kier alpha value is -2.18. The SMILES string of the molecule is CC1=CC(O)N=C(NC(=O)NCC(C)CC(C)(C)CCN=C=O)N1. The van der Waals surface area contributed by atoms with Crippen LogP contribution in [0.1, 0.15) is 40.5 Å². The lowest BCUT2D eigenvalue weighted by Crippen LogP contribution is -2.48. The first kappa shape index (κ1) is 19.9. The number of nitrogens with one attached hydrogen (secondary N) is 3. The van der Waals surface area contributed by atoms with E-state index < -0.39 is 6.23 Å². The van der Waals surface area contributed by atoms with Gasteiger partial charge in [-0.1, -0.05) is 20.8 Å². The van der Waals surface area contributed by atoms with Crippen LogP contribution in [0.25, 0.3) is 0 Å². The van der Waals surface area contributed by atoms with Gasteiger partial charge in [-0.05, 0) is 37.2 Å². The number of hydrogen-bond donors (Lipinski definition) is 4. The summed E-state index contributed by atoms with van der Waals surface area (Å²) < 4.78 is 0. The molecular formula is C16H27N5O3. The first-order valence-electron chi connectivity index (χ1n) is 8.01. The zero-order valence-corrected chi connectivity index (χ0v) is 14.7. The predicted molar refractivity (Wildman–Crippen MR) is 92.0 cm³/mol. The fourth-order valence-electron chi connectivity index (χ4n) is 2.66. The molecule has 1 aliphatic heterocycles. The van der Waals surface area contributed by atoms with Gasteiger partial charge in [-0.15, -0.1) is 0 Å². The number of carbonyl (C=O) groups is 1. The molecule has 0 radical (unpaired) electrons. The Labute approximate surface area is 142 Å². The van der Waals surface area contributed by atoms with Crippen LogP contribution in [-0.2, 0) is 4.79 Å². The van der Waals surface area contributed by atoms with E-state index in [0.717, 1.165) is 18.5 Å². The van der Waals surface area contributed by atoms with Crippen molar-refractivity contribution in [1.29, 1.82) is 0 Å². The average molecular weight is 337 g/mol. The van der Waals surface area contributed by atoms with E-state index in [9.17, 15) is 14.7 Å². The number of urea groups is 1. The molecule has 0 saturated heterocycles. The number of rotatable bonds is 7. The summed E-state index contributed by atoms with van der Waals surface area (Å²) in [5.41, 5.74) is 0.750. The Kier molecular flexibility index (Phi) is 7.61. The van der Waals surface area contributed by atoms with Gasteiger partial charge in [0.2, 0.25) is 12.0 Å². The van der Waals surface area contributed by atoms with E-state index in [1.807, 2.05) is 0 Å². The first-order chi connectivity index (χ1) is 11.2. The lowest BCUT2D eigenvalue weighted by atomic mass is 9.80. The second kappa shape index (κ2) is 9.20. The van der Waals surface area contributed by atoms with Crippen LogP contribution in [-0.4, -0.2) is 42.5 Å². The Morgan fingerprint density at radius 2 is 2.29 bits per heavy atom. The Bertz CT molecular complexity index is 550. The van der Waals surface area contributed by atoms with Crippen molar-refractivity contribution in [2.45, 2.75) is 46.8 Å². The largest absolute Gasteiger partial charge is 0.368 e. The molecule has 134 valence electrons. The zero-order chi connectivity index (χ0) is 18.2. The molecule has 1 heterocycles. The molecule has 2 unspecified atom stereocenters. The number of nitrogens with zero attached hydrogens (tertiary/aromatic N) is 2. The van der Waals surface area contributed by atoms with Crippen molar-refractivity contribution in [3.63, 3.8) is 0 Å². The number of allylic oxidation sites excluding steroid dienone is 1. The van der Waals surface area contributed by atoms with E-state index in [-0.39, 0.29) is 23.3 Å². The molecule has 2 amide bonds. The highest BCUT2D eigenvalue weighted by molar-refractivity contribution is 5.97. The van der Waals surface area contributed by atoms with Crippen molar-refractivity contribution in [1.82, 2.24) is 16.0 Å². The number of aliphatic hydroxyl groups is 1. The van der Waals surface area contributed by atoms with Crippen molar-refractivity contribution in [2.24, 2.45) is 21.3 Å². The van der Waals surface area contributed by atoms with E-state index in [1.54, 1.807) is 19.1 Å². The molecule has 0 aliphatic carbocycles. The standard InChI is InChI=1S/C16H27N5O3/c1-11(8-16(3,4)5-6-17-10-22)9-18-15(24)21-14-19-12(2)7-13(23)20-14/h7,11,13,23H,5-6,8-9H2,1-4H3,(H3,18,19,20,21,24). The lowest BCUT2D eigenvalue weighted by molar-refractivity contribution is 0.227.